The molecule has 1 N–H and O–H groups in total. The van der Waals surface area contributed by atoms with E-state index in [1.54, 1.807) is 6.92 Å². The van der Waals surface area contributed by atoms with E-state index in [1.165, 1.54) is 51.4 Å². The number of para-hydroxylation sites is 1. The Hall–Kier alpha value is -2.24. The lowest BCUT2D eigenvalue weighted by molar-refractivity contribution is -0.160. The number of pyridine rings is 1. The van der Waals surface area contributed by atoms with Crippen LogP contribution in [0.3, 0.4) is 0 Å². The van der Waals surface area contributed by atoms with Gasteiger partial charge in [0, 0.05) is 30.6 Å². The molecule has 49 heavy (non-hydrogen) atoms. The van der Waals surface area contributed by atoms with Crippen molar-refractivity contribution in [3.8, 4) is 0 Å². The Morgan fingerprint density at radius 3 is 2.63 bits per heavy atom. The average Bonchev–Trinajstić information content (AvgIpc) is 3.47. The SMILES string of the molecule is C=C[C@H]1CN2CC[C@H]1C[C@H]2[C@@H](O)c1cc(CC[C@@H](C)[C@H]2CC[C@H]3[C@@H]4CC[C@@H]5C[C@H](OC(C)=O)CC[C@]5(C)[C@H]4CC[C@]23C)nc2ccccc12. The molecule has 1 aromatic heterocycles. The van der Waals surface area contributed by atoms with Gasteiger partial charge in [0.25, 0.3) is 0 Å². The van der Waals surface area contributed by atoms with Crippen LogP contribution in [-0.4, -0.2) is 46.2 Å². The molecule has 7 aliphatic rings. The minimum atomic E-state index is -0.490. The van der Waals surface area contributed by atoms with Crippen LogP contribution in [-0.2, 0) is 16.0 Å². The highest BCUT2D eigenvalue weighted by atomic mass is 16.5. The summed E-state index contributed by atoms with van der Waals surface area (Å²) in [7, 11) is 0. The summed E-state index contributed by atoms with van der Waals surface area (Å²) in [6.45, 7) is 15.6. The van der Waals surface area contributed by atoms with Crippen molar-refractivity contribution in [3.05, 3.63) is 54.2 Å². The molecular formula is C44H62N2O3. The fourth-order valence-corrected chi connectivity index (χ4v) is 13.7. The van der Waals surface area contributed by atoms with E-state index < -0.39 is 6.10 Å². The lowest BCUT2D eigenvalue weighted by Crippen LogP contribution is -2.54. The number of piperidine rings is 3. The van der Waals surface area contributed by atoms with Crippen LogP contribution in [0.1, 0.15) is 122 Å². The molecule has 4 saturated carbocycles. The first kappa shape index (κ1) is 33.9. The van der Waals surface area contributed by atoms with Crippen LogP contribution in [0.5, 0.6) is 0 Å². The maximum atomic E-state index is 12.0. The quantitative estimate of drug-likeness (QED) is 0.225. The van der Waals surface area contributed by atoms with Crippen molar-refractivity contribution in [2.24, 2.45) is 58.2 Å². The molecule has 3 aliphatic heterocycles. The molecule has 1 unspecified atom stereocenters. The Balaban J connectivity index is 0.954. The van der Waals surface area contributed by atoms with Crippen LogP contribution in [0.25, 0.3) is 10.9 Å². The van der Waals surface area contributed by atoms with E-state index in [4.69, 9.17) is 9.72 Å². The zero-order chi connectivity index (χ0) is 34.1. The summed E-state index contributed by atoms with van der Waals surface area (Å²) in [5.41, 5.74) is 4.11. The molecule has 266 valence electrons. The molecule has 1 aromatic carbocycles. The first-order valence-electron chi connectivity index (χ1n) is 20.2. The van der Waals surface area contributed by atoms with Crippen molar-refractivity contribution in [2.75, 3.05) is 13.1 Å². The third-order valence-corrected chi connectivity index (χ3v) is 16.2. The predicted octanol–water partition coefficient (Wildman–Crippen LogP) is 9.32. The van der Waals surface area contributed by atoms with Gasteiger partial charge in [0.05, 0.1) is 11.6 Å². The second-order valence-corrected chi connectivity index (χ2v) is 18.3. The van der Waals surface area contributed by atoms with Crippen molar-refractivity contribution in [1.29, 1.82) is 0 Å². The number of aliphatic hydroxyl groups is 1. The number of hydrogen-bond donors (Lipinski definition) is 1. The van der Waals surface area contributed by atoms with Crippen molar-refractivity contribution < 1.29 is 14.6 Å². The number of nitrogens with zero attached hydrogens (tertiary/aromatic N) is 2. The monoisotopic (exact) mass is 666 g/mol. The van der Waals surface area contributed by atoms with Gasteiger partial charge in [0.1, 0.15) is 6.10 Å². The maximum absolute atomic E-state index is 12.0. The number of fused-ring (bicyclic) bond motifs is 9. The number of aliphatic hydroxyl groups excluding tert-OH is 1. The van der Waals surface area contributed by atoms with E-state index in [0.717, 1.165) is 91.0 Å². The van der Waals surface area contributed by atoms with E-state index in [9.17, 15) is 9.90 Å². The van der Waals surface area contributed by atoms with Gasteiger partial charge in [-0.15, -0.1) is 6.58 Å². The predicted molar refractivity (Wildman–Crippen MR) is 197 cm³/mol. The van der Waals surface area contributed by atoms with E-state index in [2.05, 4.69) is 68.7 Å². The smallest absolute Gasteiger partial charge is 0.302 e. The first-order valence-corrected chi connectivity index (χ1v) is 20.2. The lowest BCUT2D eigenvalue weighted by Gasteiger charge is -2.61. The second kappa shape index (κ2) is 13.1. The molecular weight excluding hydrogens is 604 g/mol. The highest BCUT2D eigenvalue weighted by molar-refractivity contribution is 5.82. The van der Waals surface area contributed by atoms with Gasteiger partial charge in [0.15, 0.2) is 0 Å². The number of carbonyl (C=O) groups excluding carboxylic acids is 1. The largest absolute Gasteiger partial charge is 0.463 e. The number of aryl methyl sites for hydroxylation is 1. The van der Waals surface area contributed by atoms with Crippen molar-refractivity contribution in [2.45, 2.75) is 129 Å². The van der Waals surface area contributed by atoms with Gasteiger partial charge in [-0.3, -0.25) is 14.7 Å². The molecule has 0 spiro atoms. The molecule has 4 heterocycles. The van der Waals surface area contributed by atoms with E-state index in [-0.39, 0.29) is 18.1 Å². The number of carbonyl (C=O) groups is 1. The summed E-state index contributed by atoms with van der Waals surface area (Å²) >= 11 is 0. The molecule has 2 aromatic rings. The highest BCUT2D eigenvalue weighted by Gasteiger charge is 2.60. The summed E-state index contributed by atoms with van der Waals surface area (Å²) in [4.78, 5) is 19.4. The third-order valence-electron chi connectivity index (χ3n) is 16.2. The lowest BCUT2D eigenvalue weighted by atomic mass is 9.44. The molecule has 3 saturated heterocycles. The Kier molecular flexibility index (Phi) is 9.03. The number of rotatable bonds is 8. The van der Waals surface area contributed by atoms with Crippen LogP contribution in [0, 0.1) is 58.2 Å². The zero-order valence-corrected chi connectivity index (χ0v) is 30.8. The molecule has 7 fully saturated rings. The summed E-state index contributed by atoms with van der Waals surface area (Å²) in [5, 5.41) is 13.1. The number of aromatic nitrogens is 1. The Morgan fingerprint density at radius 2 is 1.86 bits per heavy atom. The Morgan fingerprint density at radius 1 is 1.06 bits per heavy atom. The third kappa shape index (κ3) is 5.81. The van der Waals surface area contributed by atoms with Gasteiger partial charge >= 0.3 is 5.97 Å². The molecule has 14 atom stereocenters. The van der Waals surface area contributed by atoms with Gasteiger partial charge in [-0.05, 0) is 166 Å². The molecule has 9 rings (SSSR count). The fourth-order valence-electron chi connectivity index (χ4n) is 13.7. The maximum Gasteiger partial charge on any atom is 0.302 e. The van der Waals surface area contributed by atoms with E-state index in [0.29, 0.717) is 34.5 Å². The summed E-state index contributed by atoms with van der Waals surface area (Å²) in [6, 6.07) is 10.9. The van der Waals surface area contributed by atoms with Crippen LogP contribution in [0.4, 0.5) is 0 Å². The molecule has 0 radical (unpaired) electrons. The highest BCUT2D eigenvalue weighted by Crippen LogP contribution is 2.68. The van der Waals surface area contributed by atoms with Gasteiger partial charge in [0.2, 0.25) is 0 Å². The number of benzene rings is 1. The van der Waals surface area contributed by atoms with E-state index in [1.807, 2.05) is 0 Å². The number of hydrogen-bond acceptors (Lipinski definition) is 5. The normalized spacial score (nSPS) is 42.5. The minimum Gasteiger partial charge on any atom is -0.463 e. The number of ether oxygens (including phenoxy) is 1. The van der Waals surface area contributed by atoms with Crippen LogP contribution < -0.4 is 0 Å². The van der Waals surface area contributed by atoms with Crippen LogP contribution >= 0.6 is 0 Å². The van der Waals surface area contributed by atoms with Gasteiger partial charge < -0.3 is 9.84 Å². The van der Waals surface area contributed by atoms with Gasteiger partial charge in [-0.1, -0.05) is 45.0 Å². The zero-order valence-electron chi connectivity index (χ0n) is 30.8. The molecule has 2 bridgehead atoms. The van der Waals surface area contributed by atoms with Gasteiger partial charge in [-0.25, -0.2) is 0 Å². The standard InChI is InChI=1S/C44H62N2O3/c1-6-29-26-46-22-19-30(29)23-41(46)42(48)36-25-32(45-40-10-8-7-9-34(36)40)13-11-27(2)37-15-16-38-35-14-12-31-24-33(49-28(3)47)17-20-43(31,4)39(35)18-21-44(37,38)5/h6-10,25,27,29-31,33,35,37-39,41-42,48H,1,11-24,26H2,2-5H3/t27-,29+,30+,31-,33-,35+,37-,38+,39+,41+,42+,43+,44-/m1/s1. The summed E-state index contributed by atoms with van der Waals surface area (Å²) < 4.78 is 5.73. The number of esters is 1. The average molecular weight is 667 g/mol. The van der Waals surface area contributed by atoms with Crippen molar-refractivity contribution >= 4 is 16.9 Å². The molecule has 5 nitrogen and oxygen atoms in total. The first-order chi connectivity index (χ1) is 23.6. The minimum absolute atomic E-state index is 0.109. The van der Waals surface area contributed by atoms with Crippen LogP contribution in [0.2, 0.25) is 0 Å². The molecule has 4 aliphatic carbocycles. The van der Waals surface area contributed by atoms with Crippen molar-refractivity contribution in [1.82, 2.24) is 9.88 Å². The summed E-state index contributed by atoms with van der Waals surface area (Å²) in [6.07, 6.45) is 17.8. The molecule has 0 amide bonds. The second-order valence-electron chi connectivity index (χ2n) is 18.3. The van der Waals surface area contributed by atoms with Crippen LogP contribution in [0.15, 0.2) is 43.0 Å². The topological polar surface area (TPSA) is 62.7 Å². The van der Waals surface area contributed by atoms with Crippen molar-refractivity contribution in [3.63, 3.8) is 0 Å². The van der Waals surface area contributed by atoms with Gasteiger partial charge in [-0.2, -0.15) is 0 Å². The fraction of sp³-hybridized carbons (Fsp3) is 0.727. The summed E-state index contributed by atoms with van der Waals surface area (Å²) in [5.74, 6) is 5.79. The Labute approximate surface area is 295 Å². The molecule has 5 heteroatoms. The van der Waals surface area contributed by atoms with E-state index >= 15 is 0 Å². The Bertz CT molecular complexity index is 1560.